The standard InChI is InChI=1S/C12H28N4O.HI/c1-5-13-12(14-6-2)15-8-7-9-16(3)10-11-17-4;/h5-11H2,1-4H3,(H2,13,14,15);1H. The molecule has 0 aromatic heterocycles. The van der Waals surface area contributed by atoms with Crippen molar-refractivity contribution in [1.29, 1.82) is 0 Å². The number of methoxy groups -OCH3 is 1. The van der Waals surface area contributed by atoms with Gasteiger partial charge in [0.1, 0.15) is 0 Å². The molecule has 0 saturated carbocycles. The normalized spacial score (nSPS) is 9.83. The Labute approximate surface area is 129 Å². The van der Waals surface area contributed by atoms with E-state index >= 15 is 0 Å². The lowest BCUT2D eigenvalue weighted by atomic mass is 10.4. The van der Waals surface area contributed by atoms with Gasteiger partial charge in [-0.2, -0.15) is 0 Å². The molecule has 0 amide bonds. The van der Waals surface area contributed by atoms with E-state index in [4.69, 9.17) is 4.74 Å². The predicted octanol–water partition coefficient (Wildman–Crippen LogP) is 1.15. The van der Waals surface area contributed by atoms with E-state index < -0.39 is 0 Å². The molecule has 18 heavy (non-hydrogen) atoms. The molecule has 0 saturated heterocycles. The van der Waals surface area contributed by atoms with E-state index in [9.17, 15) is 0 Å². The Morgan fingerprint density at radius 3 is 2.28 bits per heavy atom. The Kier molecular flexibility index (Phi) is 16.8. The minimum Gasteiger partial charge on any atom is -0.383 e. The molecule has 110 valence electrons. The maximum absolute atomic E-state index is 5.03. The first-order chi connectivity index (χ1) is 8.24. The van der Waals surface area contributed by atoms with Gasteiger partial charge in [0.2, 0.25) is 0 Å². The van der Waals surface area contributed by atoms with Gasteiger partial charge in [-0.15, -0.1) is 24.0 Å². The third-order valence-corrected chi connectivity index (χ3v) is 2.33. The van der Waals surface area contributed by atoms with Crippen LogP contribution in [0.1, 0.15) is 20.3 Å². The molecule has 0 fully saturated rings. The van der Waals surface area contributed by atoms with E-state index in [2.05, 4.69) is 41.4 Å². The van der Waals surface area contributed by atoms with Crippen LogP contribution in [0.25, 0.3) is 0 Å². The van der Waals surface area contributed by atoms with Crippen molar-refractivity contribution in [2.75, 3.05) is 53.5 Å². The molecule has 5 nitrogen and oxygen atoms in total. The smallest absolute Gasteiger partial charge is 0.191 e. The van der Waals surface area contributed by atoms with Crippen molar-refractivity contribution in [2.45, 2.75) is 20.3 Å². The van der Waals surface area contributed by atoms with Crippen molar-refractivity contribution in [1.82, 2.24) is 15.5 Å². The second-order valence-corrected chi connectivity index (χ2v) is 3.94. The Morgan fingerprint density at radius 1 is 1.17 bits per heavy atom. The van der Waals surface area contributed by atoms with E-state index in [1.807, 2.05) is 0 Å². The first-order valence-corrected chi connectivity index (χ1v) is 6.44. The Balaban J connectivity index is 0. The maximum atomic E-state index is 5.03. The summed E-state index contributed by atoms with van der Waals surface area (Å²) in [5.41, 5.74) is 0. The molecule has 2 N–H and O–H groups in total. The van der Waals surface area contributed by atoms with Crippen molar-refractivity contribution in [3.05, 3.63) is 0 Å². The van der Waals surface area contributed by atoms with Gasteiger partial charge in [-0.1, -0.05) is 0 Å². The molecule has 0 heterocycles. The average Bonchev–Trinajstić information content (AvgIpc) is 2.32. The number of nitrogens with zero attached hydrogens (tertiary/aromatic N) is 2. The zero-order valence-corrected chi connectivity index (χ0v) is 14.5. The van der Waals surface area contributed by atoms with Crippen LogP contribution in [0.5, 0.6) is 0 Å². The topological polar surface area (TPSA) is 48.9 Å². The van der Waals surface area contributed by atoms with Crippen LogP contribution in [0, 0.1) is 0 Å². The van der Waals surface area contributed by atoms with Crippen LogP contribution in [0.3, 0.4) is 0 Å². The summed E-state index contributed by atoms with van der Waals surface area (Å²) in [6.07, 6.45) is 1.07. The second kappa shape index (κ2) is 15.0. The molecule has 0 unspecified atom stereocenters. The minimum atomic E-state index is 0. The van der Waals surface area contributed by atoms with Crippen molar-refractivity contribution >= 4 is 29.9 Å². The van der Waals surface area contributed by atoms with E-state index in [1.165, 1.54) is 0 Å². The van der Waals surface area contributed by atoms with Crippen molar-refractivity contribution in [3.8, 4) is 0 Å². The van der Waals surface area contributed by atoms with E-state index in [0.717, 1.165) is 51.7 Å². The second-order valence-electron chi connectivity index (χ2n) is 3.94. The van der Waals surface area contributed by atoms with Crippen LogP contribution in [0.2, 0.25) is 0 Å². The maximum Gasteiger partial charge on any atom is 0.191 e. The quantitative estimate of drug-likeness (QED) is 0.276. The van der Waals surface area contributed by atoms with Gasteiger partial charge in [0, 0.05) is 33.3 Å². The molecule has 0 aliphatic carbocycles. The molecule has 0 bridgehead atoms. The van der Waals surface area contributed by atoms with Crippen LogP contribution in [0.4, 0.5) is 0 Å². The molecule has 6 heteroatoms. The molecule has 0 rings (SSSR count). The summed E-state index contributed by atoms with van der Waals surface area (Å²) >= 11 is 0. The number of likely N-dealkylation sites (N-methyl/N-ethyl adjacent to an activating group) is 1. The summed E-state index contributed by atoms with van der Waals surface area (Å²) < 4.78 is 5.03. The van der Waals surface area contributed by atoms with Gasteiger partial charge in [0.15, 0.2) is 5.96 Å². The van der Waals surface area contributed by atoms with Crippen molar-refractivity contribution in [2.24, 2.45) is 4.99 Å². The largest absolute Gasteiger partial charge is 0.383 e. The first kappa shape index (κ1) is 20.2. The summed E-state index contributed by atoms with van der Waals surface area (Å²) in [6.45, 7) is 9.63. The number of ether oxygens (including phenoxy) is 1. The Hall–Kier alpha value is -0.0800. The van der Waals surface area contributed by atoms with Crippen molar-refractivity contribution in [3.63, 3.8) is 0 Å². The predicted molar refractivity (Wildman–Crippen MR) is 89.1 cm³/mol. The monoisotopic (exact) mass is 372 g/mol. The molecule has 0 aromatic rings. The van der Waals surface area contributed by atoms with Crippen LogP contribution in [0.15, 0.2) is 4.99 Å². The van der Waals surface area contributed by atoms with Gasteiger partial charge in [-0.25, -0.2) is 0 Å². The fourth-order valence-electron chi connectivity index (χ4n) is 1.40. The van der Waals surface area contributed by atoms with Gasteiger partial charge in [0.05, 0.1) is 6.61 Å². The third kappa shape index (κ3) is 12.4. The molecule has 0 spiro atoms. The Bertz CT molecular complexity index is 195. The number of guanidine groups is 1. The average molecular weight is 372 g/mol. The fraction of sp³-hybridized carbons (Fsp3) is 0.917. The molecule has 0 atom stereocenters. The number of rotatable bonds is 9. The SMILES string of the molecule is CCNC(=NCCCN(C)CCOC)NCC.I. The third-order valence-electron chi connectivity index (χ3n) is 2.33. The number of halogens is 1. The van der Waals surface area contributed by atoms with Gasteiger partial charge in [0.25, 0.3) is 0 Å². The zero-order valence-electron chi connectivity index (χ0n) is 12.2. The highest BCUT2D eigenvalue weighted by molar-refractivity contribution is 14.0. The van der Waals surface area contributed by atoms with Gasteiger partial charge >= 0.3 is 0 Å². The Morgan fingerprint density at radius 2 is 1.78 bits per heavy atom. The number of nitrogens with one attached hydrogen (secondary N) is 2. The van der Waals surface area contributed by atoms with E-state index in [-0.39, 0.29) is 24.0 Å². The van der Waals surface area contributed by atoms with Crippen LogP contribution >= 0.6 is 24.0 Å². The zero-order chi connectivity index (χ0) is 12.9. The van der Waals surface area contributed by atoms with Gasteiger partial charge < -0.3 is 20.3 Å². The highest BCUT2D eigenvalue weighted by atomic mass is 127. The van der Waals surface area contributed by atoms with Crippen LogP contribution in [-0.2, 0) is 4.74 Å². The number of hydrogen-bond donors (Lipinski definition) is 2. The summed E-state index contributed by atoms with van der Waals surface area (Å²) in [5.74, 6) is 0.912. The highest BCUT2D eigenvalue weighted by Gasteiger charge is 1.97. The van der Waals surface area contributed by atoms with Crippen LogP contribution < -0.4 is 10.6 Å². The summed E-state index contributed by atoms with van der Waals surface area (Å²) in [5, 5.41) is 6.42. The summed E-state index contributed by atoms with van der Waals surface area (Å²) in [7, 11) is 3.84. The van der Waals surface area contributed by atoms with Crippen molar-refractivity contribution < 1.29 is 4.74 Å². The lowest BCUT2D eigenvalue weighted by molar-refractivity contribution is 0.161. The molecular formula is C12H29IN4O. The van der Waals surface area contributed by atoms with E-state index in [0.29, 0.717) is 0 Å². The molecule has 0 aromatic carbocycles. The molecule has 0 aliphatic rings. The van der Waals surface area contributed by atoms with Crippen LogP contribution in [-0.4, -0.2) is 64.3 Å². The summed E-state index contributed by atoms with van der Waals surface area (Å²) in [4.78, 5) is 6.76. The lowest BCUT2D eigenvalue weighted by Crippen LogP contribution is -2.37. The molecular weight excluding hydrogens is 343 g/mol. The molecule has 0 aliphatic heterocycles. The van der Waals surface area contributed by atoms with E-state index in [1.54, 1.807) is 7.11 Å². The molecule has 0 radical (unpaired) electrons. The fourth-order valence-corrected chi connectivity index (χ4v) is 1.40. The van der Waals surface area contributed by atoms with Gasteiger partial charge in [-0.3, -0.25) is 4.99 Å². The number of hydrogen-bond acceptors (Lipinski definition) is 3. The number of aliphatic imine (C=N–C) groups is 1. The minimum absolute atomic E-state index is 0. The lowest BCUT2D eigenvalue weighted by Gasteiger charge is -2.15. The van der Waals surface area contributed by atoms with Gasteiger partial charge in [-0.05, 0) is 33.9 Å². The highest BCUT2D eigenvalue weighted by Crippen LogP contribution is 1.88. The first-order valence-electron chi connectivity index (χ1n) is 6.44. The summed E-state index contributed by atoms with van der Waals surface area (Å²) in [6, 6.07) is 0.